The summed E-state index contributed by atoms with van der Waals surface area (Å²) in [4.78, 5) is 0. The topological polar surface area (TPSA) is 26.0 Å². The fourth-order valence-corrected chi connectivity index (χ4v) is 3.19. The van der Waals surface area contributed by atoms with Crippen LogP contribution in [-0.4, -0.2) is 6.04 Å². The first-order chi connectivity index (χ1) is 6.31. The summed E-state index contributed by atoms with van der Waals surface area (Å²) in [5, 5.41) is 0. The monoisotopic (exact) mass is 177 g/mol. The van der Waals surface area contributed by atoms with Crippen molar-refractivity contribution in [3.8, 4) is 11.8 Å². The Hall–Kier alpha value is -0.480. The predicted molar refractivity (Wildman–Crippen MR) is 55.0 cm³/mol. The molecular formula is C12H19N. The maximum Gasteiger partial charge on any atom is 0.0243 e. The van der Waals surface area contributed by atoms with Crippen LogP contribution in [0.2, 0.25) is 0 Å². The van der Waals surface area contributed by atoms with Crippen molar-refractivity contribution in [1.29, 1.82) is 0 Å². The lowest BCUT2D eigenvalue weighted by Crippen LogP contribution is -2.33. The number of nitrogens with two attached hydrogens (primary N) is 1. The van der Waals surface area contributed by atoms with Gasteiger partial charge in [-0.15, -0.1) is 11.8 Å². The van der Waals surface area contributed by atoms with Crippen molar-refractivity contribution in [2.75, 3.05) is 0 Å². The molecule has 0 aromatic rings. The van der Waals surface area contributed by atoms with E-state index in [1.54, 1.807) is 0 Å². The van der Waals surface area contributed by atoms with E-state index >= 15 is 0 Å². The van der Waals surface area contributed by atoms with Crippen molar-refractivity contribution in [1.82, 2.24) is 0 Å². The van der Waals surface area contributed by atoms with Gasteiger partial charge in [-0.1, -0.05) is 6.42 Å². The molecular weight excluding hydrogens is 158 g/mol. The summed E-state index contributed by atoms with van der Waals surface area (Å²) in [5.74, 6) is 8.79. The molecule has 1 heteroatoms. The first-order valence-corrected chi connectivity index (χ1v) is 5.46. The summed E-state index contributed by atoms with van der Waals surface area (Å²) >= 11 is 0. The summed E-state index contributed by atoms with van der Waals surface area (Å²) < 4.78 is 0. The van der Waals surface area contributed by atoms with E-state index in [1.165, 1.54) is 25.7 Å². The van der Waals surface area contributed by atoms with Gasteiger partial charge in [0.25, 0.3) is 0 Å². The van der Waals surface area contributed by atoms with Gasteiger partial charge in [0.15, 0.2) is 0 Å². The predicted octanol–water partition coefficient (Wildman–Crippen LogP) is 2.16. The minimum Gasteiger partial charge on any atom is -0.327 e. The van der Waals surface area contributed by atoms with Gasteiger partial charge in [-0.05, 0) is 43.9 Å². The van der Waals surface area contributed by atoms with Gasteiger partial charge in [0.2, 0.25) is 0 Å². The van der Waals surface area contributed by atoms with E-state index in [2.05, 4.69) is 11.8 Å². The Labute approximate surface area is 81.1 Å². The van der Waals surface area contributed by atoms with E-state index in [-0.39, 0.29) is 0 Å². The highest BCUT2D eigenvalue weighted by molar-refractivity contribution is 5.02. The minimum absolute atomic E-state index is 0.350. The molecule has 0 amide bonds. The second kappa shape index (κ2) is 3.72. The maximum absolute atomic E-state index is 6.15. The van der Waals surface area contributed by atoms with Gasteiger partial charge < -0.3 is 5.73 Å². The number of hydrogen-bond donors (Lipinski definition) is 1. The van der Waals surface area contributed by atoms with Crippen LogP contribution in [-0.2, 0) is 0 Å². The van der Waals surface area contributed by atoms with Crippen molar-refractivity contribution in [2.24, 2.45) is 23.5 Å². The van der Waals surface area contributed by atoms with Crippen LogP contribution in [0.5, 0.6) is 0 Å². The van der Waals surface area contributed by atoms with Gasteiger partial charge in [-0.3, -0.25) is 0 Å². The van der Waals surface area contributed by atoms with Crippen LogP contribution in [0.15, 0.2) is 0 Å². The van der Waals surface area contributed by atoms with Gasteiger partial charge in [0.1, 0.15) is 0 Å². The summed E-state index contributed by atoms with van der Waals surface area (Å²) in [6.45, 7) is 1.90. The Kier molecular flexibility index (Phi) is 2.60. The number of hydrogen-bond acceptors (Lipinski definition) is 1. The van der Waals surface area contributed by atoms with Crippen LogP contribution in [0.4, 0.5) is 0 Å². The molecule has 2 bridgehead atoms. The molecule has 2 aliphatic rings. The molecule has 72 valence electrons. The maximum atomic E-state index is 6.15. The van der Waals surface area contributed by atoms with Crippen LogP contribution >= 0.6 is 0 Å². The van der Waals surface area contributed by atoms with E-state index in [4.69, 9.17) is 5.73 Å². The molecule has 2 fully saturated rings. The Morgan fingerprint density at radius 2 is 2.23 bits per heavy atom. The smallest absolute Gasteiger partial charge is 0.0243 e. The van der Waals surface area contributed by atoms with Crippen molar-refractivity contribution >= 4 is 0 Å². The van der Waals surface area contributed by atoms with Gasteiger partial charge in [-0.2, -0.15) is 0 Å². The van der Waals surface area contributed by atoms with E-state index in [0.29, 0.717) is 6.04 Å². The molecule has 0 heterocycles. The molecule has 2 saturated carbocycles. The largest absolute Gasteiger partial charge is 0.327 e. The van der Waals surface area contributed by atoms with Crippen LogP contribution in [0.1, 0.15) is 39.0 Å². The Balaban J connectivity index is 1.89. The second-order valence-electron chi connectivity index (χ2n) is 4.63. The highest BCUT2D eigenvalue weighted by atomic mass is 14.7. The zero-order valence-electron chi connectivity index (χ0n) is 8.42. The molecule has 0 saturated heterocycles. The summed E-state index contributed by atoms with van der Waals surface area (Å²) in [6.07, 6.45) is 6.65. The molecule has 0 spiro atoms. The summed E-state index contributed by atoms with van der Waals surface area (Å²) in [6, 6.07) is 0.350. The van der Waals surface area contributed by atoms with Crippen molar-refractivity contribution < 1.29 is 0 Å². The van der Waals surface area contributed by atoms with Gasteiger partial charge >= 0.3 is 0 Å². The van der Waals surface area contributed by atoms with Gasteiger partial charge in [-0.25, -0.2) is 0 Å². The molecule has 4 atom stereocenters. The molecule has 2 rings (SSSR count). The van der Waals surface area contributed by atoms with Crippen molar-refractivity contribution in [3.63, 3.8) is 0 Å². The third-order valence-electron chi connectivity index (χ3n) is 3.86. The third-order valence-corrected chi connectivity index (χ3v) is 3.86. The molecule has 0 aromatic carbocycles. The van der Waals surface area contributed by atoms with E-state index in [0.717, 1.165) is 24.2 Å². The van der Waals surface area contributed by atoms with Crippen LogP contribution in [0.3, 0.4) is 0 Å². The van der Waals surface area contributed by atoms with Crippen molar-refractivity contribution in [2.45, 2.75) is 45.1 Å². The van der Waals surface area contributed by atoms with Gasteiger partial charge in [0.05, 0.1) is 0 Å². The molecule has 13 heavy (non-hydrogen) atoms. The van der Waals surface area contributed by atoms with E-state index < -0.39 is 0 Å². The zero-order chi connectivity index (χ0) is 9.26. The lowest BCUT2D eigenvalue weighted by Gasteiger charge is -2.26. The quantitative estimate of drug-likeness (QED) is 0.643. The minimum atomic E-state index is 0.350. The highest BCUT2D eigenvalue weighted by Gasteiger charge is 2.41. The van der Waals surface area contributed by atoms with Crippen LogP contribution in [0.25, 0.3) is 0 Å². The molecule has 2 aliphatic carbocycles. The first-order valence-electron chi connectivity index (χ1n) is 5.46. The third kappa shape index (κ3) is 1.74. The molecule has 1 nitrogen and oxygen atoms in total. The molecule has 0 radical (unpaired) electrons. The SMILES string of the molecule is CC#CCC(N)C1CC2CCC1C2. The molecule has 0 aromatic heterocycles. The molecule has 4 unspecified atom stereocenters. The normalized spacial score (nSPS) is 38.5. The number of rotatable bonds is 2. The standard InChI is InChI=1S/C12H19N/c1-2-3-4-12(13)11-8-9-5-6-10(11)7-9/h9-12H,4-8,13H2,1H3. The Morgan fingerprint density at radius 1 is 1.38 bits per heavy atom. The lowest BCUT2D eigenvalue weighted by molar-refractivity contribution is 0.284. The summed E-state index contributed by atoms with van der Waals surface area (Å²) in [5.41, 5.74) is 6.15. The number of fused-ring (bicyclic) bond motifs is 2. The average Bonchev–Trinajstić information content (AvgIpc) is 2.74. The first kappa shape index (κ1) is 9.09. The van der Waals surface area contributed by atoms with Crippen LogP contribution < -0.4 is 5.73 Å². The van der Waals surface area contributed by atoms with Gasteiger partial charge in [0, 0.05) is 12.5 Å². The van der Waals surface area contributed by atoms with E-state index in [1.807, 2.05) is 6.92 Å². The zero-order valence-corrected chi connectivity index (χ0v) is 8.42. The Morgan fingerprint density at radius 3 is 2.77 bits per heavy atom. The van der Waals surface area contributed by atoms with E-state index in [9.17, 15) is 0 Å². The fourth-order valence-electron chi connectivity index (χ4n) is 3.19. The summed E-state index contributed by atoms with van der Waals surface area (Å²) in [7, 11) is 0. The average molecular weight is 177 g/mol. The Bertz CT molecular complexity index is 235. The second-order valence-corrected chi connectivity index (χ2v) is 4.63. The molecule has 2 N–H and O–H groups in total. The lowest BCUT2D eigenvalue weighted by atomic mass is 9.82. The highest BCUT2D eigenvalue weighted by Crippen LogP contribution is 2.49. The van der Waals surface area contributed by atoms with Crippen LogP contribution in [0, 0.1) is 29.6 Å². The van der Waals surface area contributed by atoms with Crippen molar-refractivity contribution in [3.05, 3.63) is 0 Å². The molecule has 0 aliphatic heterocycles. The fraction of sp³-hybridized carbons (Fsp3) is 0.833.